The summed E-state index contributed by atoms with van der Waals surface area (Å²) in [7, 11) is 1.56. The highest BCUT2D eigenvalue weighted by Crippen LogP contribution is 2.48. The maximum atomic E-state index is 14.0. The molecule has 0 radical (unpaired) electrons. The van der Waals surface area contributed by atoms with E-state index in [2.05, 4.69) is 5.32 Å². The van der Waals surface area contributed by atoms with Gasteiger partial charge in [0.1, 0.15) is 5.75 Å². The number of hydrogen-bond acceptors (Lipinski definition) is 5. The van der Waals surface area contributed by atoms with E-state index in [1.54, 1.807) is 18.1 Å². The molecule has 2 atom stereocenters. The molecule has 0 saturated carbocycles. The van der Waals surface area contributed by atoms with Crippen LogP contribution in [-0.2, 0) is 14.4 Å². The number of para-hydroxylation sites is 2. The Morgan fingerprint density at radius 2 is 1.76 bits per heavy atom. The van der Waals surface area contributed by atoms with Gasteiger partial charge in [-0.15, -0.1) is 0 Å². The van der Waals surface area contributed by atoms with Gasteiger partial charge in [-0.2, -0.15) is 0 Å². The summed E-state index contributed by atoms with van der Waals surface area (Å²) in [4.78, 5) is 40.6. The predicted octanol–water partition coefficient (Wildman–Crippen LogP) is 6.11. The molecular formula is C30H27ClN2O5. The predicted molar refractivity (Wildman–Crippen MR) is 146 cm³/mol. The van der Waals surface area contributed by atoms with Crippen LogP contribution in [0.25, 0.3) is 0 Å². The van der Waals surface area contributed by atoms with Crippen LogP contribution in [0.5, 0.6) is 5.75 Å². The number of hydrogen-bond donors (Lipinski definition) is 2. The first kappa shape index (κ1) is 25.5. The molecule has 0 fully saturated rings. The molecule has 1 heterocycles. The number of halogens is 1. The van der Waals surface area contributed by atoms with Crippen molar-refractivity contribution in [1.82, 2.24) is 0 Å². The van der Waals surface area contributed by atoms with Gasteiger partial charge in [0.05, 0.1) is 30.9 Å². The third kappa shape index (κ3) is 5.02. The van der Waals surface area contributed by atoms with Crippen molar-refractivity contribution in [3.8, 4) is 5.75 Å². The Kier molecular flexibility index (Phi) is 7.20. The highest BCUT2D eigenvalue weighted by atomic mass is 35.5. The second kappa shape index (κ2) is 10.7. The molecule has 8 heteroatoms. The minimum Gasteiger partial charge on any atom is -0.497 e. The van der Waals surface area contributed by atoms with E-state index in [1.807, 2.05) is 66.7 Å². The number of ether oxygens (including phenoxy) is 1. The van der Waals surface area contributed by atoms with Crippen LogP contribution in [0.3, 0.4) is 0 Å². The van der Waals surface area contributed by atoms with E-state index in [1.165, 1.54) is 0 Å². The van der Waals surface area contributed by atoms with Gasteiger partial charge in [0.2, 0.25) is 5.91 Å². The van der Waals surface area contributed by atoms with Gasteiger partial charge in [0, 0.05) is 29.1 Å². The Labute approximate surface area is 225 Å². The maximum absolute atomic E-state index is 14.0. The zero-order valence-corrected chi connectivity index (χ0v) is 21.6. The lowest BCUT2D eigenvalue weighted by Gasteiger charge is -2.35. The van der Waals surface area contributed by atoms with E-state index < -0.39 is 12.0 Å². The summed E-state index contributed by atoms with van der Waals surface area (Å²) in [6.07, 6.45) is 0.327. The largest absolute Gasteiger partial charge is 0.497 e. The number of carbonyl (C=O) groups is 3. The summed E-state index contributed by atoms with van der Waals surface area (Å²) < 4.78 is 5.46. The molecule has 7 nitrogen and oxygen atoms in total. The zero-order chi connectivity index (χ0) is 26.8. The first-order chi connectivity index (χ1) is 18.4. The van der Waals surface area contributed by atoms with Gasteiger partial charge in [-0.25, -0.2) is 0 Å². The summed E-state index contributed by atoms with van der Waals surface area (Å²) in [5.74, 6) is -0.975. The number of Topliss-reactive ketones (excluding diaryl/α,β-unsaturated/α-hetero) is 1. The maximum Gasteiger partial charge on any atom is 0.303 e. The average molecular weight is 531 g/mol. The molecule has 0 bridgehead atoms. The van der Waals surface area contributed by atoms with Gasteiger partial charge in [-0.3, -0.25) is 19.3 Å². The summed E-state index contributed by atoms with van der Waals surface area (Å²) in [6.45, 7) is 0. The van der Waals surface area contributed by atoms with Crippen molar-refractivity contribution in [3.05, 3.63) is 100 Å². The minimum atomic E-state index is -1.06. The van der Waals surface area contributed by atoms with E-state index in [4.69, 9.17) is 16.3 Å². The Bertz CT molecular complexity index is 1430. The standard InChI is InChI=1S/C30H27ClN2O5/c1-38-22-6-4-5-19(15-22)30-29-24(16-20(17-26(29)34)18-9-11-21(31)12-10-18)32-23-7-2-3-8-25(23)33(30)27(35)13-14-28(36)37/h2-12,15,20,30,32H,13-14,16-17H2,1H3,(H,36,37). The molecule has 3 aromatic rings. The van der Waals surface area contributed by atoms with Gasteiger partial charge >= 0.3 is 5.97 Å². The number of aliphatic carboxylic acids is 1. The van der Waals surface area contributed by atoms with Gasteiger partial charge in [-0.1, -0.05) is 48.0 Å². The molecule has 1 aliphatic heterocycles. The normalized spacial score (nSPS) is 18.7. The van der Waals surface area contributed by atoms with Crippen LogP contribution in [0.1, 0.15) is 48.8 Å². The molecule has 1 amide bonds. The average Bonchev–Trinajstić information content (AvgIpc) is 3.07. The van der Waals surface area contributed by atoms with E-state index >= 15 is 0 Å². The number of methoxy groups -OCH3 is 1. The Morgan fingerprint density at radius 1 is 1.00 bits per heavy atom. The van der Waals surface area contributed by atoms with Crippen LogP contribution in [-0.4, -0.2) is 29.9 Å². The Balaban J connectivity index is 1.68. The number of carboxylic acid groups (broad SMARTS) is 1. The van der Waals surface area contributed by atoms with E-state index in [0.29, 0.717) is 39.7 Å². The van der Waals surface area contributed by atoms with Crippen LogP contribution in [0.2, 0.25) is 5.02 Å². The van der Waals surface area contributed by atoms with Crippen LogP contribution >= 0.6 is 11.6 Å². The lowest BCUT2D eigenvalue weighted by Crippen LogP contribution is -2.38. The minimum absolute atomic E-state index is 0.0570. The van der Waals surface area contributed by atoms with Crippen molar-refractivity contribution < 1.29 is 24.2 Å². The molecular weight excluding hydrogens is 504 g/mol. The summed E-state index contributed by atoms with van der Waals surface area (Å²) in [5.41, 5.74) is 4.23. The van der Waals surface area contributed by atoms with Gasteiger partial charge in [0.15, 0.2) is 5.78 Å². The van der Waals surface area contributed by atoms with Crippen LogP contribution < -0.4 is 15.0 Å². The quantitative estimate of drug-likeness (QED) is 0.399. The number of amides is 1. The summed E-state index contributed by atoms with van der Waals surface area (Å²) in [6, 6.07) is 21.4. The smallest absolute Gasteiger partial charge is 0.303 e. The number of anilines is 2. The molecule has 5 rings (SSSR count). The summed E-state index contributed by atoms with van der Waals surface area (Å²) in [5, 5.41) is 13.4. The fourth-order valence-electron chi connectivity index (χ4n) is 5.30. The van der Waals surface area contributed by atoms with Crippen molar-refractivity contribution in [1.29, 1.82) is 0 Å². The molecule has 194 valence electrons. The van der Waals surface area contributed by atoms with Crippen molar-refractivity contribution in [2.45, 2.75) is 37.6 Å². The highest BCUT2D eigenvalue weighted by molar-refractivity contribution is 6.30. The second-order valence-electron chi connectivity index (χ2n) is 9.45. The third-order valence-electron chi connectivity index (χ3n) is 7.06. The monoisotopic (exact) mass is 530 g/mol. The fraction of sp³-hybridized carbons (Fsp3) is 0.233. The number of carboxylic acids is 1. The number of allylic oxidation sites excluding steroid dienone is 1. The molecule has 0 saturated heterocycles. The van der Waals surface area contributed by atoms with Gasteiger partial charge < -0.3 is 15.2 Å². The molecule has 0 aromatic heterocycles. The lowest BCUT2D eigenvalue weighted by atomic mass is 9.78. The van der Waals surface area contributed by atoms with Crippen molar-refractivity contribution in [2.24, 2.45) is 0 Å². The van der Waals surface area contributed by atoms with Crippen LogP contribution in [0.4, 0.5) is 11.4 Å². The molecule has 2 N–H and O–H groups in total. The number of nitrogens with zero attached hydrogens (tertiary/aromatic N) is 1. The fourth-order valence-corrected chi connectivity index (χ4v) is 5.42. The number of rotatable bonds is 6. The van der Waals surface area contributed by atoms with E-state index in [0.717, 1.165) is 11.3 Å². The Hall–Kier alpha value is -4.10. The van der Waals surface area contributed by atoms with Crippen molar-refractivity contribution in [3.63, 3.8) is 0 Å². The number of ketones is 1. The van der Waals surface area contributed by atoms with Gasteiger partial charge in [-0.05, 0) is 59.9 Å². The van der Waals surface area contributed by atoms with Crippen LogP contribution in [0.15, 0.2) is 84.1 Å². The molecule has 2 unspecified atom stereocenters. The molecule has 38 heavy (non-hydrogen) atoms. The Morgan fingerprint density at radius 3 is 2.50 bits per heavy atom. The third-order valence-corrected chi connectivity index (χ3v) is 7.31. The van der Waals surface area contributed by atoms with E-state index in [9.17, 15) is 19.5 Å². The first-order valence-electron chi connectivity index (χ1n) is 12.4. The SMILES string of the molecule is COc1cccc(C2C3=C(CC(c4ccc(Cl)cc4)CC3=O)Nc3ccccc3N2C(=O)CCC(=O)O)c1. The molecule has 1 aliphatic carbocycles. The van der Waals surface area contributed by atoms with E-state index in [-0.39, 0.29) is 36.9 Å². The molecule has 0 spiro atoms. The van der Waals surface area contributed by atoms with Gasteiger partial charge in [0.25, 0.3) is 0 Å². The number of benzene rings is 3. The molecule has 3 aromatic carbocycles. The first-order valence-corrected chi connectivity index (χ1v) is 12.8. The zero-order valence-electron chi connectivity index (χ0n) is 20.8. The summed E-state index contributed by atoms with van der Waals surface area (Å²) >= 11 is 6.10. The van der Waals surface area contributed by atoms with Crippen molar-refractivity contribution in [2.75, 3.05) is 17.3 Å². The highest BCUT2D eigenvalue weighted by Gasteiger charge is 2.41. The number of carbonyl (C=O) groups excluding carboxylic acids is 2. The van der Waals surface area contributed by atoms with Crippen molar-refractivity contribution >= 4 is 40.6 Å². The molecule has 2 aliphatic rings. The van der Waals surface area contributed by atoms with Crippen LogP contribution in [0, 0.1) is 0 Å². The lowest BCUT2D eigenvalue weighted by molar-refractivity contribution is -0.138. The second-order valence-corrected chi connectivity index (χ2v) is 9.89. The number of fused-ring (bicyclic) bond motifs is 1. The number of nitrogens with one attached hydrogen (secondary N) is 1. The topological polar surface area (TPSA) is 95.9 Å².